The standard InChI is InChI=1S/C29H30ClN3O3S/c1-16-10-18(12-22(11-16)36-21-9-4-17(2)25(30)13-21)24-15-33(3)29(35)23-14-26(37-27(23)24)28(34)32-20-7-5-19(31)6-8-20/h4,9-15,19-20H,5-8,31H2,1-3H3,(H,32,34). The van der Waals surface area contributed by atoms with Crippen molar-refractivity contribution in [2.24, 2.45) is 12.8 Å². The number of halogens is 1. The van der Waals surface area contributed by atoms with Crippen LogP contribution >= 0.6 is 22.9 Å². The fraction of sp³-hybridized carbons (Fsp3) is 0.310. The van der Waals surface area contributed by atoms with Crippen molar-refractivity contribution in [1.29, 1.82) is 0 Å². The van der Waals surface area contributed by atoms with Gasteiger partial charge in [-0.2, -0.15) is 0 Å². The summed E-state index contributed by atoms with van der Waals surface area (Å²) in [6, 6.07) is 13.6. The smallest absolute Gasteiger partial charge is 0.261 e. The quantitative estimate of drug-likeness (QED) is 0.312. The highest BCUT2D eigenvalue weighted by atomic mass is 35.5. The molecule has 0 aliphatic heterocycles. The Hall–Kier alpha value is -3.13. The predicted molar refractivity (Wildman–Crippen MR) is 151 cm³/mol. The van der Waals surface area contributed by atoms with E-state index in [1.54, 1.807) is 23.7 Å². The molecule has 2 aromatic heterocycles. The van der Waals surface area contributed by atoms with Crippen molar-refractivity contribution in [3.8, 4) is 22.6 Å². The number of thiophene rings is 1. The summed E-state index contributed by atoms with van der Waals surface area (Å²) in [5.74, 6) is 1.18. The second-order valence-corrected chi connectivity index (χ2v) is 11.4. The highest BCUT2D eigenvalue weighted by Crippen LogP contribution is 2.36. The highest BCUT2D eigenvalue weighted by Gasteiger charge is 2.23. The molecule has 3 N–H and O–H groups in total. The number of hydrogen-bond donors (Lipinski definition) is 2. The molecule has 37 heavy (non-hydrogen) atoms. The first-order chi connectivity index (χ1) is 17.7. The molecule has 5 rings (SSSR count). The van der Waals surface area contributed by atoms with Gasteiger partial charge in [-0.05, 0) is 86.6 Å². The van der Waals surface area contributed by atoms with Crippen molar-refractivity contribution >= 4 is 38.9 Å². The lowest BCUT2D eigenvalue weighted by Gasteiger charge is -2.26. The number of nitrogens with two attached hydrogens (primary N) is 1. The van der Waals surface area contributed by atoms with Gasteiger partial charge < -0.3 is 20.4 Å². The Morgan fingerprint density at radius 3 is 2.57 bits per heavy atom. The average molecular weight is 536 g/mol. The molecule has 4 aromatic rings. The lowest BCUT2D eigenvalue weighted by Crippen LogP contribution is -2.40. The molecule has 1 amide bonds. The third kappa shape index (κ3) is 5.44. The van der Waals surface area contributed by atoms with Crippen LogP contribution in [0, 0.1) is 13.8 Å². The van der Waals surface area contributed by atoms with Crippen LogP contribution in [0.4, 0.5) is 0 Å². The summed E-state index contributed by atoms with van der Waals surface area (Å²) in [4.78, 5) is 26.6. The third-order valence-electron chi connectivity index (χ3n) is 6.92. The summed E-state index contributed by atoms with van der Waals surface area (Å²) < 4.78 is 8.49. The number of carbonyl (C=O) groups is 1. The van der Waals surface area contributed by atoms with Crippen molar-refractivity contribution in [1.82, 2.24) is 9.88 Å². The molecule has 0 atom stereocenters. The van der Waals surface area contributed by atoms with Crippen molar-refractivity contribution in [2.45, 2.75) is 51.6 Å². The Morgan fingerprint density at radius 2 is 1.84 bits per heavy atom. The Kier molecular flexibility index (Phi) is 7.12. The number of aryl methyl sites for hydroxylation is 3. The van der Waals surface area contributed by atoms with Gasteiger partial charge in [0.1, 0.15) is 11.5 Å². The number of ether oxygens (including phenoxy) is 1. The fourth-order valence-electron chi connectivity index (χ4n) is 4.82. The molecule has 1 saturated carbocycles. The van der Waals surface area contributed by atoms with Crippen molar-refractivity contribution < 1.29 is 9.53 Å². The molecule has 8 heteroatoms. The summed E-state index contributed by atoms with van der Waals surface area (Å²) in [6.45, 7) is 3.95. The molecular formula is C29H30ClN3O3S. The van der Waals surface area contributed by atoms with E-state index in [0.717, 1.165) is 52.6 Å². The molecule has 192 valence electrons. The second-order valence-electron chi connectivity index (χ2n) is 9.95. The number of benzene rings is 2. The van der Waals surface area contributed by atoms with Gasteiger partial charge in [-0.1, -0.05) is 23.7 Å². The first-order valence-electron chi connectivity index (χ1n) is 12.4. The maximum absolute atomic E-state index is 13.1. The van der Waals surface area contributed by atoms with Crippen LogP contribution in [0.2, 0.25) is 5.02 Å². The number of hydrogen-bond acceptors (Lipinski definition) is 5. The number of pyridine rings is 1. The van der Waals surface area contributed by atoms with E-state index in [9.17, 15) is 9.59 Å². The zero-order valence-corrected chi connectivity index (χ0v) is 22.7. The molecule has 0 saturated heterocycles. The topological polar surface area (TPSA) is 86.3 Å². The number of aromatic nitrogens is 1. The number of carbonyl (C=O) groups excluding carboxylic acids is 1. The summed E-state index contributed by atoms with van der Waals surface area (Å²) in [6.07, 6.45) is 5.40. The van der Waals surface area contributed by atoms with E-state index in [-0.39, 0.29) is 23.6 Å². The molecule has 0 spiro atoms. The largest absolute Gasteiger partial charge is 0.457 e. The van der Waals surface area contributed by atoms with Gasteiger partial charge in [-0.25, -0.2) is 0 Å². The van der Waals surface area contributed by atoms with E-state index in [1.165, 1.54) is 11.3 Å². The monoisotopic (exact) mass is 535 g/mol. The Balaban J connectivity index is 1.50. The number of fused-ring (bicyclic) bond motifs is 1. The van der Waals surface area contributed by atoms with E-state index in [2.05, 4.69) is 11.4 Å². The minimum atomic E-state index is -0.140. The van der Waals surface area contributed by atoms with Gasteiger partial charge >= 0.3 is 0 Å². The molecule has 0 radical (unpaired) electrons. The van der Waals surface area contributed by atoms with Crippen LogP contribution in [0.15, 0.2) is 53.5 Å². The number of rotatable bonds is 5. The molecule has 6 nitrogen and oxygen atoms in total. The van der Waals surface area contributed by atoms with Gasteiger partial charge in [0.05, 0.1) is 10.3 Å². The number of nitrogens with one attached hydrogen (secondary N) is 1. The Morgan fingerprint density at radius 1 is 1.08 bits per heavy atom. The van der Waals surface area contributed by atoms with Gasteiger partial charge in [-0.3, -0.25) is 9.59 Å². The van der Waals surface area contributed by atoms with Crippen molar-refractivity contribution in [3.63, 3.8) is 0 Å². The van der Waals surface area contributed by atoms with Crippen LogP contribution in [0.3, 0.4) is 0 Å². The maximum atomic E-state index is 13.1. The molecule has 1 aliphatic rings. The summed E-state index contributed by atoms with van der Waals surface area (Å²) >= 11 is 7.63. The van der Waals surface area contributed by atoms with E-state index in [4.69, 9.17) is 22.1 Å². The molecule has 1 aliphatic carbocycles. The van der Waals surface area contributed by atoms with Gasteiger partial charge in [0.2, 0.25) is 0 Å². The maximum Gasteiger partial charge on any atom is 0.261 e. The van der Waals surface area contributed by atoms with Crippen molar-refractivity contribution in [3.05, 3.63) is 80.0 Å². The van der Waals surface area contributed by atoms with Gasteiger partial charge in [0.15, 0.2) is 0 Å². The first-order valence-corrected chi connectivity index (χ1v) is 13.6. The minimum Gasteiger partial charge on any atom is -0.457 e. The van der Waals surface area contributed by atoms with Crippen LogP contribution in [0.25, 0.3) is 21.2 Å². The van der Waals surface area contributed by atoms with Crippen molar-refractivity contribution in [2.75, 3.05) is 0 Å². The van der Waals surface area contributed by atoms with E-state index >= 15 is 0 Å². The van der Waals surface area contributed by atoms with Crippen LogP contribution in [-0.4, -0.2) is 22.6 Å². The van der Waals surface area contributed by atoms with Gasteiger partial charge in [0, 0.05) is 40.6 Å². The third-order valence-corrected chi connectivity index (χ3v) is 8.50. The zero-order chi connectivity index (χ0) is 26.3. The van der Waals surface area contributed by atoms with E-state index in [1.807, 2.05) is 44.3 Å². The number of nitrogens with zero attached hydrogens (tertiary/aromatic N) is 1. The first kappa shape index (κ1) is 25.5. The molecule has 2 heterocycles. The molecule has 0 bridgehead atoms. The van der Waals surface area contributed by atoms with Crippen LogP contribution in [-0.2, 0) is 7.05 Å². The summed E-state index contributed by atoms with van der Waals surface area (Å²) in [5.41, 5.74) is 9.65. The van der Waals surface area contributed by atoms with Gasteiger partial charge in [0.25, 0.3) is 11.5 Å². The molecule has 2 aromatic carbocycles. The zero-order valence-electron chi connectivity index (χ0n) is 21.1. The highest BCUT2D eigenvalue weighted by molar-refractivity contribution is 7.21. The molecule has 1 fully saturated rings. The minimum absolute atomic E-state index is 0.117. The summed E-state index contributed by atoms with van der Waals surface area (Å²) in [7, 11) is 1.73. The van der Waals surface area contributed by atoms with Crippen LogP contribution in [0.5, 0.6) is 11.5 Å². The van der Waals surface area contributed by atoms with Gasteiger partial charge in [-0.15, -0.1) is 11.3 Å². The second kappa shape index (κ2) is 10.3. The predicted octanol–water partition coefficient (Wildman–Crippen LogP) is 6.33. The lowest BCUT2D eigenvalue weighted by atomic mass is 9.92. The van der Waals surface area contributed by atoms with E-state index in [0.29, 0.717) is 26.8 Å². The van der Waals surface area contributed by atoms with E-state index < -0.39 is 0 Å². The molecule has 0 unspecified atom stereocenters. The number of amides is 1. The molecular weight excluding hydrogens is 506 g/mol. The summed E-state index contributed by atoms with van der Waals surface area (Å²) in [5, 5.41) is 4.32. The Labute approximate surface area is 225 Å². The Bertz CT molecular complexity index is 1550. The average Bonchev–Trinajstić information content (AvgIpc) is 3.31. The normalized spacial score (nSPS) is 17.6. The fourth-order valence-corrected chi connectivity index (χ4v) is 6.08. The lowest BCUT2D eigenvalue weighted by molar-refractivity contribution is 0.0930. The van der Waals surface area contributed by atoms with Crippen LogP contribution in [0.1, 0.15) is 46.5 Å². The SMILES string of the molecule is Cc1cc(Oc2ccc(C)c(Cl)c2)cc(-c2cn(C)c(=O)c3cc(C(=O)NC4CCC(N)CC4)sc23)c1. The van der Waals surface area contributed by atoms with Crippen LogP contribution < -0.4 is 21.3 Å².